The number of methoxy groups -OCH3 is 1. The minimum absolute atomic E-state index is 0.114. The van der Waals surface area contributed by atoms with Gasteiger partial charge in [0.05, 0.1) is 19.3 Å². The van der Waals surface area contributed by atoms with Gasteiger partial charge in [-0.2, -0.15) is 0 Å². The van der Waals surface area contributed by atoms with Crippen molar-refractivity contribution in [3.05, 3.63) is 51.6 Å². The van der Waals surface area contributed by atoms with Crippen molar-refractivity contribution in [1.82, 2.24) is 4.98 Å². The molecule has 0 bridgehead atoms. The van der Waals surface area contributed by atoms with Crippen LogP contribution in [0.3, 0.4) is 0 Å². The van der Waals surface area contributed by atoms with E-state index in [4.69, 9.17) is 9.47 Å². The van der Waals surface area contributed by atoms with Crippen LogP contribution < -0.4 is 15.0 Å². The highest BCUT2D eigenvalue weighted by molar-refractivity contribution is 5.89. The molecule has 0 aliphatic carbocycles. The number of nitrogens with zero attached hydrogens (tertiary/aromatic N) is 1. The Morgan fingerprint density at radius 2 is 2.00 bits per heavy atom. The first-order valence-corrected chi connectivity index (χ1v) is 6.26. The third-order valence-corrected chi connectivity index (χ3v) is 2.78. The molecule has 0 aliphatic rings. The summed E-state index contributed by atoms with van der Waals surface area (Å²) in [5.41, 5.74) is -0.734. The maximum absolute atomic E-state index is 12.3. The third-order valence-electron chi connectivity index (χ3n) is 2.78. The lowest BCUT2D eigenvalue weighted by Gasteiger charge is -2.10. The summed E-state index contributed by atoms with van der Waals surface area (Å²) in [6, 6.07) is 8.38. The van der Waals surface area contributed by atoms with Crippen LogP contribution in [-0.2, 0) is 4.74 Å². The number of rotatable bonds is 4. The van der Waals surface area contributed by atoms with Crippen molar-refractivity contribution in [2.24, 2.45) is 0 Å². The summed E-state index contributed by atoms with van der Waals surface area (Å²) in [6.07, 6.45) is 0. The third kappa shape index (κ3) is 2.71. The Labute approximate surface area is 120 Å². The number of esters is 1. The first-order valence-electron chi connectivity index (χ1n) is 6.26. The molecule has 0 unspecified atom stereocenters. The van der Waals surface area contributed by atoms with E-state index in [9.17, 15) is 14.8 Å². The first kappa shape index (κ1) is 14.6. The highest BCUT2D eigenvalue weighted by Gasteiger charge is 2.28. The van der Waals surface area contributed by atoms with Crippen LogP contribution in [0.1, 0.15) is 17.4 Å². The zero-order valence-electron chi connectivity index (χ0n) is 11.6. The zero-order chi connectivity index (χ0) is 15.4. The summed E-state index contributed by atoms with van der Waals surface area (Å²) >= 11 is 0. The van der Waals surface area contributed by atoms with Crippen molar-refractivity contribution in [3.8, 4) is 17.1 Å². The van der Waals surface area contributed by atoms with E-state index in [1.807, 2.05) is 0 Å². The highest BCUT2D eigenvalue weighted by atomic mass is 16.6. The van der Waals surface area contributed by atoms with E-state index in [1.54, 1.807) is 37.3 Å². The Bertz CT molecular complexity index is 709. The second-order valence-corrected chi connectivity index (χ2v) is 4.07. The SMILES string of the molecule is CCOC(=O)c1[nH]c(=O)c(-c2ccccc2)[n+]([O-])c1OC. The minimum atomic E-state index is -0.823. The van der Waals surface area contributed by atoms with Gasteiger partial charge in [0.25, 0.3) is 5.69 Å². The monoisotopic (exact) mass is 290 g/mol. The number of hydrogen-bond acceptors (Lipinski definition) is 5. The van der Waals surface area contributed by atoms with Gasteiger partial charge in [0.2, 0.25) is 5.69 Å². The van der Waals surface area contributed by atoms with Gasteiger partial charge < -0.3 is 19.7 Å². The predicted octanol–water partition coefficient (Wildman–Crippen LogP) is 0.861. The standard InChI is InChI=1S/C14H14N2O5/c1-3-21-14(18)10-13(20-2)16(19)11(12(17)15-10)9-7-5-4-6-8-9/h4-8H,3H2,1-2H3,(H,15,17). The Kier molecular flexibility index (Phi) is 4.22. The molecule has 2 rings (SSSR count). The van der Waals surface area contributed by atoms with Gasteiger partial charge in [-0.25, -0.2) is 4.79 Å². The molecule has 0 saturated carbocycles. The summed E-state index contributed by atoms with van der Waals surface area (Å²) in [5.74, 6) is -1.14. The molecule has 7 heteroatoms. The van der Waals surface area contributed by atoms with Crippen LogP contribution in [0.4, 0.5) is 0 Å². The largest absolute Gasteiger partial charge is 0.615 e. The number of hydrogen-bond donors (Lipinski definition) is 1. The molecular weight excluding hydrogens is 276 g/mol. The van der Waals surface area contributed by atoms with E-state index < -0.39 is 11.5 Å². The van der Waals surface area contributed by atoms with Crippen LogP contribution in [0.2, 0.25) is 0 Å². The molecule has 0 radical (unpaired) electrons. The van der Waals surface area contributed by atoms with Crippen molar-refractivity contribution in [2.75, 3.05) is 13.7 Å². The molecule has 1 aromatic heterocycles. The van der Waals surface area contributed by atoms with Gasteiger partial charge in [-0.1, -0.05) is 18.2 Å². The van der Waals surface area contributed by atoms with Gasteiger partial charge in [0, 0.05) is 0 Å². The Balaban J connectivity index is 2.67. The van der Waals surface area contributed by atoms with E-state index in [1.165, 1.54) is 7.11 Å². The van der Waals surface area contributed by atoms with E-state index in [2.05, 4.69) is 4.98 Å². The van der Waals surface area contributed by atoms with Crippen LogP contribution in [0, 0.1) is 5.21 Å². The average Bonchev–Trinajstić information content (AvgIpc) is 2.48. The molecule has 0 amide bonds. The molecule has 0 fully saturated rings. The van der Waals surface area contributed by atoms with E-state index >= 15 is 0 Å². The number of nitrogens with one attached hydrogen (secondary N) is 1. The summed E-state index contributed by atoms with van der Waals surface area (Å²) < 4.78 is 10.0. The lowest BCUT2D eigenvalue weighted by Crippen LogP contribution is -2.40. The van der Waals surface area contributed by atoms with Gasteiger partial charge in [-0.15, -0.1) is 4.73 Å². The number of aromatic amines is 1. The summed E-state index contributed by atoms with van der Waals surface area (Å²) in [5, 5.41) is 12.3. The van der Waals surface area contributed by atoms with Crippen LogP contribution in [0.15, 0.2) is 35.1 Å². The van der Waals surface area contributed by atoms with Crippen LogP contribution >= 0.6 is 0 Å². The fraction of sp³-hybridized carbons (Fsp3) is 0.214. The summed E-state index contributed by atoms with van der Waals surface area (Å²) in [6.45, 7) is 1.73. The predicted molar refractivity (Wildman–Crippen MR) is 74.0 cm³/mol. The van der Waals surface area contributed by atoms with Gasteiger partial charge in [-0.05, 0) is 19.1 Å². The Morgan fingerprint density at radius 3 is 2.57 bits per heavy atom. The number of ether oxygens (including phenoxy) is 2. The maximum atomic E-state index is 12.3. The van der Waals surface area contributed by atoms with Crippen molar-refractivity contribution >= 4 is 5.97 Å². The molecule has 0 aliphatic heterocycles. The lowest BCUT2D eigenvalue weighted by atomic mass is 10.1. The van der Waals surface area contributed by atoms with Gasteiger partial charge >= 0.3 is 17.4 Å². The van der Waals surface area contributed by atoms with Gasteiger partial charge in [0.15, 0.2) is 0 Å². The number of benzene rings is 1. The highest BCUT2D eigenvalue weighted by Crippen LogP contribution is 2.16. The molecular formula is C14H14N2O5. The van der Waals surface area contributed by atoms with Crippen molar-refractivity contribution in [1.29, 1.82) is 0 Å². The fourth-order valence-corrected chi connectivity index (χ4v) is 1.89. The molecule has 110 valence electrons. The minimum Gasteiger partial charge on any atom is -0.615 e. The van der Waals surface area contributed by atoms with Gasteiger partial charge in [-0.3, -0.25) is 4.79 Å². The Hall–Kier alpha value is -2.83. The number of H-pyrrole nitrogens is 1. The van der Waals surface area contributed by atoms with E-state index in [0.29, 0.717) is 10.3 Å². The topological polar surface area (TPSA) is 95.3 Å². The molecule has 2 aromatic rings. The van der Waals surface area contributed by atoms with Gasteiger partial charge in [0.1, 0.15) is 0 Å². The maximum Gasteiger partial charge on any atom is 0.412 e. The summed E-state index contributed by atoms with van der Waals surface area (Å²) in [7, 11) is 1.24. The second-order valence-electron chi connectivity index (χ2n) is 4.07. The molecule has 7 nitrogen and oxygen atoms in total. The van der Waals surface area contributed by atoms with E-state index in [0.717, 1.165) is 0 Å². The smallest absolute Gasteiger partial charge is 0.412 e. The molecule has 1 heterocycles. The van der Waals surface area contributed by atoms with Crippen molar-refractivity contribution < 1.29 is 19.0 Å². The van der Waals surface area contributed by atoms with Crippen LogP contribution in [-0.4, -0.2) is 24.7 Å². The number of carbonyl (C=O) groups excluding carboxylic acids is 1. The second kappa shape index (κ2) is 6.08. The normalized spacial score (nSPS) is 10.2. The molecule has 1 aromatic carbocycles. The molecule has 0 saturated heterocycles. The fourth-order valence-electron chi connectivity index (χ4n) is 1.89. The quantitative estimate of drug-likeness (QED) is 0.512. The average molecular weight is 290 g/mol. The Morgan fingerprint density at radius 1 is 1.33 bits per heavy atom. The molecule has 1 N–H and O–H groups in total. The number of carbonyl (C=O) groups is 1. The first-order chi connectivity index (χ1) is 10.1. The lowest BCUT2D eigenvalue weighted by molar-refractivity contribution is -0.602. The van der Waals surface area contributed by atoms with E-state index in [-0.39, 0.29) is 23.9 Å². The zero-order valence-corrected chi connectivity index (χ0v) is 11.6. The molecule has 0 atom stereocenters. The van der Waals surface area contributed by atoms with Crippen molar-refractivity contribution in [3.63, 3.8) is 0 Å². The van der Waals surface area contributed by atoms with Crippen molar-refractivity contribution in [2.45, 2.75) is 6.92 Å². The summed E-state index contributed by atoms with van der Waals surface area (Å²) in [4.78, 5) is 26.2. The molecule has 0 spiro atoms. The van der Waals surface area contributed by atoms with Crippen LogP contribution in [0.25, 0.3) is 11.3 Å². The number of aromatic nitrogens is 2. The van der Waals surface area contributed by atoms with Crippen LogP contribution in [0.5, 0.6) is 5.88 Å². The molecule has 21 heavy (non-hydrogen) atoms.